The number of fused-ring (bicyclic) bond motifs is 1. The third-order valence-corrected chi connectivity index (χ3v) is 4.43. The van der Waals surface area contributed by atoms with E-state index in [1.54, 1.807) is 0 Å². The predicted molar refractivity (Wildman–Crippen MR) is 111 cm³/mol. The number of nitrogens with two attached hydrogens (primary N) is 2. The molecule has 156 valence electrons. The van der Waals surface area contributed by atoms with Crippen LogP contribution in [0, 0.1) is 0 Å². The smallest absolute Gasteiger partial charge is 0.161 e. The zero-order chi connectivity index (χ0) is 20.5. The summed E-state index contributed by atoms with van der Waals surface area (Å²) in [7, 11) is 0. The fraction of sp³-hybridized carbons (Fsp3) is 0.545. The highest BCUT2D eigenvalue weighted by atomic mass is 16.5. The summed E-state index contributed by atoms with van der Waals surface area (Å²) < 4.78 is 11.8. The van der Waals surface area contributed by atoms with E-state index >= 15 is 0 Å². The Hall–Kier alpha value is -1.86. The Morgan fingerprint density at radius 2 is 1.14 bits per heavy atom. The fourth-order valence-electron chi connectivity index (χ4n) is 2.79. The molecule has 0 saturated heterocycles. The number of aliphatic hydroxyl groups is 2. The minimum atomic E-state index is -0.562. The Labute approximate surface area is 167 Å². The average Bonchev–Trinajstić information content (AvgIpc) is 2.67. The molecule has 0 spiro atoms. The Bertz CT molecular complexity index is 660. The molecular formula is C22H36N2O4+2. The highest BCUT2D eigenvalue weighted by molar-refractivity contribution is 5.86. The van der Waals surface area contributed by atoms with E-state index in [1.807, 2.05) is 36.4 Å². The van der Waals surface area contributed by atoms with Crippen LogP contribution in [0.2, 0.25) is 0 Å². The van der Waals surface area contributed by atoms with Crippen LogP contribution in [0.25, 0.3) is 10.8 Å². The molecule has 6 nitrogen and oxygen atoms in total. The maximum Gasteiger partial charge on any atom is 0.161 e. The lowest BCUT2D eigenvalue weighted by Crippen LogP contribution is -2.90. The van der Waals surface area contributed by atoms with Gasteiger partial charge in [-0.15, -0.1) is 0 Å². The largest absolute Gasteiger partial charge is 0.487 e. The SMILES string of the molecule is CC(C)[NH2+]C[C@@H](O)COc1cc2ccccc2cc1OC[C@H](O)C[NH2+]C(C)C. The summed E-state index contributed by atoms with van der Waals surface area (Å²) in [5, 5.41) is 26.6. The molecule has 0 aliphatic carbocycles. The first-order chi connectivity index (χ1) is 13.3. The van der Waals surface area contributed by atoms with E-state index in [0.717, 1.165) is 10.8 Å². The Morgan fingerprint density at radius 3 is 1.50 bits per heavy atom. The lowest BCUT2D eigenvalue weighted by molar-refractivity contribution is -0.688. The van der Waals surface area contributed by atoms with Gasteiger partial charge in [0, 0.05) is 0 Å². The molecule has 0 heterocycles. The Morgan fingerprint density at radius 1 is 0.750 bits per heavy atom. The van der Waals surface area contributed by atoms with Crippen LogP contribution in [0.4, 0.5) is 0 Å². The minimum Gasteiger partial charge on any atom is -0.487 e. The van der Waals surface area contributed by atoms with Crippen LogP contribution in [-0.2, 0) is 0 Å². The molecule has 28 heavy (non-hydrogen) atoms. The van der Waals surface area contributed by atoms with E-state index in [4.69, 9.17) is 9.47 Å². The van der Waals surface area contributed by atoms with Gasteiger partial charge in [0.15, 0.2) is 11.5 Å². The van der Waals surface area contributed by atoms with Gasteiger partial charge in [-0.05, 0) is 50.6 Å². The summed E-state index contributed by atoms with van der Waals surface area (Å²) >= 11 is 0. The molecule has 6 heteroatoms. The molecule has 6 N–H and O–H groups in total. The lowest BCUT2D eigenvalue weighted by Gasteiger charge is -2.18. The quantitative estimate of drug-likeness (QED) is 0.417. The van der Waals surface area contributed by atoms with Crippen molar-refractivity contribution in [3.63, 3.8) is 0 Å². The van der Waals surface area contributed by atoms with Crippen molar-refractivity contribution in [2.75, 3.05) is 26.3 Å². The molecule has 2 atom stereocenters. The number of ether oxygens (including phenoxy) is 2. The third kappa shape index (κ3) is 7.64. The number of aliphatic hydroxyl groups excluding tert-OH is 2. The minimum absolute atomic E-state index is 0.196. The molecule has 0 aromatic heterocycles. The van der Waals surface area contributed by atoms with Crippen LogP contribution in [0.5, 0.6) is 11.5 Å². The maximum absolute atomic E-state index is 10.2. The highest BCUT2D eigenvalue weighted by Crippen LogP contribution is 2.32. The standard InChI is InChI=1S/C22H34N2O4/c1-15(2)23-11-19(25)13-27-21-9-17-7-5-6-8-18(17)10-22(21)28-14-20(26)12-24-16(3)4/h5-10,15-16,19-20,23-26H,11-14H2,1-4H3/p+2/t19-,20-/m1/s1. The summed E-state index contributed by atoms with van der Waals surface area (Å²) in [4.78, 5) is 0. The second-order valence-corrected chi connectivity index (χ2v) is 8.01. The fourth-order valence-corrected chi connectivity index (χ4v) is 2.79. The summed E-state index contributed by atoms with van der Waals surface area (Å²) in [6.45, 7) is 9.92. The zero-order valence-electron chi connectivity index (χ0n) is 17.5. The van der Waals surface area contributed by atoms with E-state index in [0.29, 0.717) is 36.7 Å². The molecule has 0 aliphatic rings. The average molecular weight is 393 g/mol. The van der Waals surface area contributed by atoms with Gasteiger partial charge < -0.3 is 30.3 Å². The topological polar surface area (TPSA) is 92.1 Å². The monoisotopic (exact) mass is 392 g/mol. The molecular weight excluding hydrogens is 356 g/mol. The van der Waals surface area contributed by atoms with E-state index in [1.165, 1.54) is 0 Å². The van der Waals surface area contributed by atoms with Gasteiger partial charge in [0.2, 0.25) is 0 Å². The number of hydrogen-bond acceptors (Lipinski definition) is 4. The third-order valence-electron chi connectivity index (χ3n) is 4.43. The van der Waals surface area contributed by atoms with Gasteiger partial charge in [-0.1, -0.05) is 24.3 Å². The van der Waals surface area contributed by atoms with E-state index in [-0.39, 0.29) is 13.2 Å². The van der Waals surface area contributed by atoms with Crippen molar-refractivity contribution in [2.24, 2.45) is 0 Å². The van der Waals surface area contributed by atoms with Gasteiger partial charge in [-0.2, -0.15) is 0 Å². The first-order valence-corrected chi connectivity index (χ1v) is 10.2. The van der Waals surface area contributed by atoms with Gasteiger partial charge in [0.05, 0.1) is 12.1 Å². The van der Waals surface area contributed by atoms with Crippen molar-refractivity contribution in [3.8, 4) is 11.5 Å². The summed E-state index contributed by atoms with van der Waals surface area (Å²) in [5.74, 6) is 1.17. The van der Waals surface area contributed by atoms with Crippen LogP contribution < -0.4 is 20.1 Å². The molecule has 0 unspecified atom stereocenters. The molecule has 0 amide bonds. The Balaban J connectivity index is 2.05. The molecule has 2 aromatic rings. The van der Waals surface area contributed by atoms with Gasteiger partial charge >= 0.3 is 0 Å². The second-order valence-electron chi connectivity index (χ2n) is 8.01. The number of rotatable bonds is 12. The number of quaternary nitrogens is 2. The van der Waals surface area contributed by atoms with Gasteiger partial charge in [0.1, 0.15) is 38.5 Å². The van der Waals surface area contributed by atoms with Crippen LogP contribution in [0.15, 0.2) is 36.4 Å². The first-order valence-electron chi connectivity index (χ1n) is 10.2. The molecule has 2 aromatic carbocycles. The van der Waals surface area contributed by atoms with E-state index in [9.17, 15) is 10.2 Å². The van der Waals surface area contributed by atoms with Gasteiger partial charge in [-0.3, -0.25) is 0 Å². The van der Waals surface area contributed by atoms with Crippen molar-refractivity contribution < 1.29 is 30.3 Å². The number of hydrogen-bond donors (Lipinski definition) is 4. The zero-order valence-corrected chi connectivity index (χ0v) is 17.5. The van der Waals surface area contributed by atoms with Crippen LogP contribution in [0.3, 0.4) is 0 Å². The highest BCUT2D eigenvalue weighted by Gasteiger charge is 2.15. The summed E-state index contributed by atoms with van der Waals surface area (Å²) in [5.41, 5.74) is 0. The normalized spacial score (nSPS) is 13.9. The van der Waals surface area contributed by atoms with Crippen molar-refractivity contribution >= 4 is 10.8 Å². The molecule has 0 aliphatic heterocycles. The van der Waals surface area contributed by atoms with Crippen molar-refractivity contribution in [1.82, 2.24) is 0 Å². The lowest BCUT2D eigenvalue weighted by atomic mass is 10.1. The van der Waals surface area contributed by atoms with Gasteiger partial charge in [-0.25, -0.2) is 0 Å². The molecule has 2 rings (SSSR count). The number of benzene rings is 2. The second kappa shape index (κ2) is 11.2. The van der Waals surface area contributed by atoms with Crippen molar-refractivity contribution in [3.05, 3.63) is 36.4 Å². The predicted octanol–water partition coefficient (Wildman–Crippen LogP) is 0.263. The molecule has 0 radical (unpaired) electrons. The molecule has 0 bridgehead atoms. The maximum atomic E-state index is 10.2. The van der Waals surface area contributed by atoms with E-state index < -0.39 is 12.2 Å². The summed E-state index contributed by atoms with van der Waals surface area (Å²) in [6.07, 6.45) is -1.12. The first kappa shape index (κ1) is 22.4. The van der Waals surface area contributed by atoms with Crippen molar-refractivity contribution in [1.29, 1.82) is 0 Å². The van der Waals surface area contributed by atoms with Crippen LogP contribution in [-0.4, -0.2) is 60.8 Å². The van der Waals surface area contributed by atoms with E-state index in [2.05, 4.69) is 38.3 Å². The Kier molecular flexibility index (Phi) is 8.99. The van der Waals surface area contributed by atoms with Crippen LogP contribution >= 0.6 is 0 Å². The van der Waals surface area contributed by atoms with Crippen LogP contribution in [0.1, 0.15) is 27.7 Å². The molecule has 0 saturated carbocycles. The van der Waals surface area contributed by atoms with Crippen molar-refractivity contribution in [2.45, 2.75) is 52.0 Å². The van der Waals surface area contributed by atoms with Gasteiger partial charge in [0.25, 0.3) is 0 Å². The summed E-state index contributed by atoms with van der Waals surface area (Å²) in [6, 6.07) is 12.7. The molecule has 0 fully saturated rings.